The first-order valence-corrected chi connectivity index (χ1v) is 4.46. The van der Waals surface area contributed by atoms with Crippen molar-refractivity contribution >= 4 is 11.7 Å². The molecule has 0 saturated carbocycles. The van der Waals surface area contributed by atoms with Gasteiger partial charge in [-0.3, -0.25) is 4.79 Å². The Hall–Kier alpha value is -0.900. The lowest BCUT2D eigenvalue weighted by atomic mass is 10.2. The van der Waals surface area contributed by atoms with Gasteiger partial charge in [-0.2, -0.15) is 0 Å². The first-order chi connectivity index (χ1) is 6.06. The second-order valence-electron chi connectivity index (χ2n) is 3.18. The quantitative estimate of drug-likeness (QED) is 0.626. The second-order valence-corrected chi connectivity index (χ2v) is 3.18. The molecule has 2 N–H and O–H groups in total. The number of Topliss-reactive ketones (excluding diaryl/α,β-unsaturated/α-hetero) is 1. The Morgan fingerprint density at radius 1 is 1.38 bits per heavy atom. The van der Waals surface area contributed by atoms with Gasteiger partial charge in [-0.15, -0.1) is 0 Å². The maximum absolute atomic E-state index is 11.1. The summed E-state index contributed by atoms with van der Waals surface area (Å²) in [6, 6.07) is -0.0236. The van der Waals surface area contributed by atoms with Crippen LogP contribution in [-0.4, -0.2) is 29.4 Å². The Balaban J connectivity index is 3.55. The molecule has 0 heterocycles. The van der Waals surface area contributed by atoms with E-state index >= 15 is 0 Å². The zero-order valence-corrected chi connectivity index (χ0v) is 8.17. The van der Waals surface area contributed by atoms with E-state index in [1.807, 2.05) is 6.92 Å². The lowest BCUT2D eigenvalue weighted by Gasteiger charge is -2.11. The summed E-state index contributed by atoms with van der Waals surface area (Å²) < 4.78 is 0. The standard InChI is InChI=1S/C9H17NO3/c1-7(5-6-11)10-9(13)4-3-8(2)12/h7,11H,3-6H2,1-2H3,(H,10,13). The molecule has 0 bridgehead atoms. The molecule has 0 aromatic carbocycles. The molecule has 1 unspecified atom stereocenters. The van der Waals surface area contributed by atoms with E-state index in [1.165, 1.54) is 6.92 Å². The van der Waals surface area contributed by atoms with Crippen LogP contribution in [0.1, 0.15) is 33.1 Å². The van der Waals surface area contributed by atoms with Gasteiger partial charge >= 0.3 is 0 Å². The summed E-state index contributed by atoms with van der Waals surface area (Å²) in [7, 11) is 0. The van der Waals surface area contributed by atoms with Gasteiger partial charge in [0.05, 0.1) is 0 Å². The highest BCUT2D eigenvalue weighted by molar-refractivity contribution is 5.83. The van der Waals surface area contributed by atoms with Crippen molar-refractivity contribution in [2.24, 2.45) is 0 Å². The SMILES string of the molecule is CC(=O)CCC(=O)NC(C)CCO. The van der Waals surface area contributed by atoms with Gasteiger partial charge in [0.15, 0.2) is 0 Å². The number of aliphatic hydroxyl groups is 1. The Bertz CT molecular complexity index is 180. The number of amides is 1. The van der Waals surface area contributed by atoms with Gasteiger partial charge in [0.2, 0.25) is 5.91 Å². The van der Waals surface area contributed by atoms with Gasteiger partial charge in [-0.05, 0) is 20.3 Å². The van der Waals surface area contributed by atoms with E-state index < -0.39 is 0 Å². The summed E-state index contributed by atoms with van der Waals surface area (Å²) in [4.78, 5) is 21.6. The van der Waals surface area contributed by atoms with Crippen LogP contribution in [-0.2, 0) is 9.59 Å². The van der Waals surface area contributed by atoms with Crippen LogP contribution in [0.5, 0.6) is 0 Å². The molecule has 0 aliphatic heterocycles. The van der Waals surface area contributed by atoms with E-state index in [1.54, 1.807) is 0 Å². The fourth-order valence-corrected chi connectivity index (χ4v) is 0.902. The van der Waals surface area contributed by atoms with Crippen molar-refractivity contribution in [3.05, 3.63) is 0 Å². The molecule has 0 aliphatic rings. The fourth-order valence-electron chi connectivity index (χ4n) is 0.902. The number of nitrogens with one attached hydrogen (secondary N) is 1. The van der Waals surface area contributed by atoms with Crippen molar-refractivity contribution in [1.29, 1.82) is 0 Å². The topological polar surface area (TPSA) is 66.4 Å². The molecule has 0 aromatic heterocycles. The number of rotatable bonds is 6. The largest absolute Gasteiger partial charge is 0.396 e. The lowest BCUT2D eigenvalue weighted by Crippen LogP contribution is -2.33. The van der Waals surface area contributed by atoms with Gasteiger partial charge in [0, 0.05) is 25.5 Å². The third-order valence-electron chi connectivity index (χ3n) is 1.67. The predicted molar refractivity (Wildman–Crippen MR) is 49.2 cm³/mol. The lowest BCUT2D eigenvalue weighted by molar-refractivity contribution is -0.125. The Kier molecular flexibility index (Phi) is 6.14. The Labute approximate surface area is 78.3 Å². The molecule has 4 nitrogen and oxygen atoms in total. The number of aliphatic hydroxyl groups excluding tert-OH is 1. The molecule has 13 heavy (non-hydrogen) atoms. The smallest absolute Gasteiger partial charge is 0.220 e. The van der Waals surface area contributed by atoms with Crippen LogP contribution in [0, 0.1) is 0 Å². The van der Waals surface area contributed by atoms with Gasteiger partial charge in [0.1, 0.15) is 5.78 Å². The minimum Gasteiger partial charge on any atom is -0.396 e. The number of ketones is 1. The van der Waals surface area contributed by atoms with Crippen LogP contribution < -0.4 is 5.32 Å². The highest BCUT2D eigenvalue weighted by atomic mass is 16.3. The molecule has 4 heteroatoms. The third kappa shape index (κ3) is 7.46. The average Bonchev–Trinajstić information content (AvgIpc) is 2.01. The maximum atomic E-state index is 11.1. The number of carbonyl (C=O) groups excluding carboxylic acids is 2. The second kappa shape index (κ2) is 6.60. The van der Waals surface area contributed by atoms with Crippen LogP contribution in [0.15, 0.2) is 0 Å². The zero-order chi connectivity index (χ0) is 10.3. The van der Waals surface area contributed by atoms with Crippen molar-refractivity contribution in [1.82, 2.24) is 5.32 Å². The summed E-state index contributed by atoms with van der Waals surface area (Å²) in [6.45, 7) is 3.35. The molecule has 1 atom stereocenters. The molecule has 0 radical (unpaired) electrons. The van der Waals surface area contributed by atoms with Crippen molar-refractivity contribution in [2.75, 3.05) is 6.61 Å². The molecular formula is C9H17NO3. The molecule has 0 aliphatic carbocycles. The summed E-state index contributed by atoms with van der Waals surface area (Å²) in [6.07, 6.45) is 1.08. The Morgan fingerprint density at radius 2 is 2.00 bits per heavy atom. The van der Waals surface area contributed by atoms with Crippen molar-refractivity contribution in [3.63, 3.8) is 0 Å². The normalized spacial score (nSPS) is 12.2. The van der Waals surface area contributed by atoms with Crippen LogP contribution in [0.2, 0.25) is 0 Å². The Morgan fingerprint density at radius 3 is 2.46 bits per heavy atom. The van der Waals surface area contributed by atoms with Gasteiger partial charge in [0.25, 0.3) is 0 Å². The van der Waals surface area contributed by atoms with E-state index in [0.717, 1.165) is 0 Å². The molecule has 0 rings (SSSR count). The number of carbonyl (C=O) groups is 2. The van der Waals surface area contributed by atoms with E-state index in [-0.39, 0.29) is 37.2 Å². The first kappa shape index (κ1) is 12.1. The van der Waals surface area contributed by atoms with Gasteiger partial charge in [-0.1, -0.05) is 0 Å². The molecule has 0 spiro atoms. The summed E-state index contributed by atoms with van der Waals surface area (Å²) >= 11 is 0. The van der Waals surface area contributed by atoms with Gasteiger partial charge < -0.3 is 15.2 Å². The van der Waals surface area contributed by atoms with Crippen LogP contribution >= 0.6 is 0 Å². The van der Waals surface area contributed by atoms with Crippen molar-refractivity contribution in [3.8, 4) is 0 Å². The van der Waals surface area contributed by atoms with Crippen molar-refractivity contribution in [2.45, 2.75) is 39.2 Å². The van der Waals surface area contributed by atoms with Crippen LogP contribution in [0.3, 0.4) is 0 Å². The minimum absolute atomic E-state index is 0.0185. The minimum atomic E-state index is -0.129. The van der Waals surface area contributed by atoms with Crippen LogP contribution in [0.25, 0.3) is 0 Å². The molecule has 0 aromatic rings. The molecular weight excluding hydrogens is 170 g/mol. The highest BCUT2D eigenvalue weighted by Crippen LogP contribution is 1.94. The molecule has 1 amide bonds. The van der Waals surface area contributed by atoms with E-state index in [9.17, 15) is 9.59 Å². The maximum Gasteiger partial charge on any atom is 0.220 e. The third-order valence-corrected chi connectivity index (χ3v) is 1.67. The number of hydrogen-bond donors (Lipinski definition) is 2. The van der Waals surface area contributed by atoms with E-state index in [4.69, 9.17) is 5.11 Å². The monoisotopic (exact) mass is 187 g/mol. The summed E-state index contributed by atoms with van der Waals surface area (Å²) in [5.41, 5.74) is 0. The zero-order valence-electron chi connectivity index (χ0n) is 8.17. The summed E-state index contributed by atoms with van der Waals surface area (Å²) in [5, 5.41) is 11.2. The molecule has 76 valence electrons. The number of hydrogen-bond acceptors (Lipinski definition) is 3. The van der Waals surface area contributed by atoms with E-state index in [2.05, 4.69) is 5.32 Å². The van der Waals surface area contributed by atoms with Crippen LogP contribution in [0.4, 0.5) is 0 Å². The fraction of sp³-hybridized carbons (Fsp3) is 0.778. The summed E-state index contributed by atoms with van der Waals surface area (Å²) in [5.74, 6) is -0.110. The van der Waals surface area contributed by atoms with Crippen molar-refractivity contribution < 1.29 is 14.7 Å². The average molecular weight is 187 g/mol. The highest BCUT2D eigenvalue weighted by Gasteiger charge is 2.07. The molecule has 0 saturated heterocycles. The van der Waals surface area contributed by atoms with E-state index in [0.29, 0.717) is 6.42 Å². The first-order valence-electron chi connectivity index (χ1n) is 4.46. The molecule has 0 fully saturated rings. The predicted octanol–water partition coefficient (Wildman–Crippen LogP) is 0.243. The van der Waals surface area contributed by atoms with Gasteiger partial charge in [-0.25, -0.2) is 0 Å².